The Morgan fingerprint density at radius 2 is 2.11 bits per heavy atom. The van der Waals surface area contributed by atoms with Crippen molar-refractivity contribution in [2.75, 3.05) is 0 Å². The Balaban J connectivity index is 2.19. The Hall–Kier alpha value is -2.33. The van der Waals surface area contributed by atoms with E-state index in [4.69, 9.17) is 5.21 Å². The van der Waals surface area contributed by atoms with Gasteiger partial charge < -0.3 is 4.57 Å². The van der Waals surface area contributed by atoms with Crippen LogP contribution in [0.15, 0.2) is 48.7 Å². The summed E-state index contributed by atoms with van der Waals surface area (Å²) in [7, 11) is 0. The van der Waals surface area contributed by atoms with Crippen molar-refractivity contribution in [3.05, 3.63) is 65.5 Å². The number of rotatable bonds is 4. The molecule has 0 aliphatic carbocycles. The second kappa shape index (κ2) is 6.02. The summed E-state index contributed by atoms with van der Waals surface area (Å²) in [5.41, 5.74) is 4.95. The molecular formula is C15H16N2O2. The number of amides is 1. The standard InChI is InChI=1S/C15H16N2O2/c1-12-5-2-3-6-13(12)11-17-10-4-7-14(17)8-9-15(18)16-19/h2-10,19H,11H2,1H3,(H,16,18)/b9-8+. The second-order valence-corrected chi connectivity index (χ2v) is 4.30. The maximum atomic E-state index is 11.0. The normalized spacial score (nSPS) is 10.8. The van der Waals surface area contributed by atoms with Crippen LogP contribution in [0.25, 0.3) is 6.08 Å². The zero-order valence-corrected chi connectivity index (χ0v) is 10.7. The van der Waals surface area contributed by atoms with E-state index in [0.717, 1.165) is 12.2 Å². The average molecular weight is 256 g/mol. The minimum absolute atomic E-state index is 0.538. The summed E-state index contributed by atoms with van der Waals surface area (Å²) >= 11 is 0. The highest BCUT2D eigenvalue weighted by Crippen LogP contribution is 2.12. The minimum Gasteiger partial charge on any atom is -0.344 e. The molecule has 0 saturated carbocycles. The van der Waals surface area contributed by atoms with Crippen LogP contribution in [0.1, 0.15) is 16.8 Å². The number of carbonyl (C=O) groups is 1. The fourth-order valence-corrected chi connectivity index (χ4v) is 1.89. The number of nitrogens with zero attached hydrogens (tertiary/aromatic N) is 1. The van der Waals surface area contributed by atoms with Crippen LogP contribution in [0.5, 0.6) is 0 Å². The smallest absolute Gasteiger partial charge is 0.267 e. The van der Waals surface area contributed by atoms with E-state index >= 15 is 0 Å². The van der Waals surface area contributed by atoms with Gasteiger partial charge in [0.05, 0.1) is 0 Å². The first kappa shape index (κ1) is 13.1. The molecule has 1 amide bonds. The molecule has 1 heterocycles. The van der Waals surface area contributed by atoms with Crippen LogP contribution in [-0.2, 0) is 11.3 Å². The van der Waals surface area contributed by atoms with Crippen molar-refractivity contribution in [1.29, 1.82) is 0 Å². The highest BCUT2D eigenvalue weighted by Gasteiger charge is 2.02. The Morgan fingerprint density at radius 3 is 2.84 bits per heavy atom. The maximum absolute atomic E-state index is 11.0. The third kappa shape index (κ3) is 3.33. The van der Waals surface area contributed by atoms with Gasteiger partial charge in [0.2, 0.25) is 0 Å². The Bertz CT molecular complexity index is 600. The molecule has 0 unspecified atom stereocenters. The minimum atomic E-state index is -0.538. The van der Waals surface area contributed by atoms with Crippen LogP contribution >= 0.6 is 0 Å². The third-order valence-electron chi connectivity index (χ3n) is 2.98. The van der Waals surface area contributed by atoms with Gasteiger partial charge in [-0.2, -0.15) is 0 Å². The van der Waals surface area contributed by atoms with E-state index in [0.29, 0.717) is 0 Å². The number of hydrogen-bond acceptors (Lipinski definition) is 2. The van der Waals surface area contributed by atoms with Crippen LogP contribution in [-0.4, -0.2) is 15.7 Å². The van der Waals surface area contributed by atoms with E-state index in [1.165, 1.54) is 17.2 Å². The van der Waals surface area contributed by atoms with Gasteiger partial charge in [-0.15, -0.1) is 0 Å². The monoisotopic (exact) mass is 256 g/mol. The van der Waals surface area contributed by atoms with E-state index in [2.05, 4.69) is 19.1 Å². The zero-order valence-electron chi connectivity index (χ0n) is 10.7. The van der Waals surface area contributed by atoms with E-state index in [-0.39, 0.29) is 0 Å². The van der Waals surface area contributed by atoms with Gasteiger partial charge in [0.15, 0.2) is 0 Å². The number of aromatic nitrogens is 1. The second-order valence-electron chi connectivity index (χ2n) is 4.30. The summed E-state index contributed by atoms with van der Waals surface area (Å²) < 4.78 is 2.05. The molecular weight excluding hydrogens is 240 g/mol. The summed E-state index contributed by atoms with van der Waals surface area (Å²) in [4.78, 5) is 11.0. The molecule has 0 aliphatic heterocycles. The molecule has 98 valence electrons. The van der Waals surface area contributed by atoms with Crippen LogP contribution in [0, 0.1) is 6.92 Å². The van der Waals surface area contributed by atoms with Gasteiger partial charge in [0.1, 0.15) is 0 Å². The van der Waals surface area contributed by atoms with Gasteiger partial charge in [0, 0.05) is 24.5 Å². The molecule has 4 nitrogen and oxygen atoms in total. The summed E-state index contributed by atoms with van der Waals surface area (Å²) in [6.45, 7) is 2.83. The molecule has 4 heteroatoms. The molecule has 0 bridgehead atoms. The molecule has 0 atom stereocenters. The first-order valence-electron chi connectivity index (χ1n) is 6.02. The van der Waals surface area contributed by atoms with Crippen molar-refractivity contribution in [2.45, 2.75) is 13.5 Å². The highest BCUT2D eigenvalue weighted by atomic mass is 16.5. The molecule has 0 radical (unpaired) electrons. The summed E-state index contributed by atoms with van der Waals surface area (Å²) in [5.74, 6) is -0.538. The average Bonchev–Trinajstić information content (AvgIpc) is 2.86. The quantitative estimate of drug-likeness (QED) is 0.501. The van der Waals surface area contributed by atoms with Crippen LogP contribution in [0.4, 0.5) is 0 Å². The predicted molar refractivity (Wildman–Crippen MR) is 73.7 cm³/mol. The lowest BCUT2D eigenvalue weighted by atomic mass is 10.1. The summed E-state index contributed by atoms with van der Waals surface area (Å²) in [6.07, 6.45) is 4.93. The van der Waals surface area contributed by atoms with Crippen molar-refractivity contribution < 1.29 is 10.0 Å². The maximum Gasteiger partial charge on any atom is 0.267 e. The van der Waals surface area contributed by atoms with Crippen molar-refractivity contribution in [3.63, 3.8) is 0 Å². The molecule has 1 aromatic heterocycles. The molecule has 0 fully saturated rings. The Kier molecular flexibility index (Phi) is 4.15. The van der Waals surface area contributed by atoms with Crippen molar-refractivity contribution in [1.82, 2.24) is 10.0 Å². The summed E-state index contributed by atoms with van der Waals surface area (Å²) in [5, 5.41) is 8.45. The van der Waals surface area contributed by atoms with E-state index < -0.39 is 5.91 Å². The number of hydroxylamine groups is 1. The first-order valence-corrected chi connectivity index (χ1v) is 6.02. The molecule has 1 aromatic carbocycles. The van der Waals surface area contributed by atoms with E-state index in [1.807, 2.05) is 35.0 Å². The molecule has 2 N–H and O–H groups in total. The van der Waals surface area contributed by atoms with Crippen molar-refractivity contribution >= 4 is 12.0 Å². The molecule has 0 aliphatic rings. The summed E-state index contributed by atoms with van der Waals surface area (Å²) in [6, 6.07) is 12.0. The molecule has 2 rings (SSSR count). The topological polar surface area (TPSA) is 54.3 Å². The van der Waals surface area contributed by atoms with Gasteiger partial charge in [-0.05, 0) is 36.3 Å². The SMILES string of the molecule is Cc1ccccc1Cn1cccc1/C=C/C(=O)NO. The van der Waals surface area contributed by atoms with Gasteiger partial charge in [-0.25, -0.2) is 5.48 Å². The zero-order chi connectivity index (χ0) is 13.7. The van der Waals surface area contributed by atoms with Crippen LogP contribution < -0.4 is 5.48 Å². The number of carbonyl (C=O) groups excluding carboxylic acids is 1. The van der Waals surface area contributed by atoms with E-state index in [1.54, 1.807) is 11.6 Å². The highest BCUT2D eigenvalue weighted by molar-refractivity contribution is 5.90. The van der Waals surface area contributed by atoms with Crippen LogP contribution in [0.3, 0.4) is 0 Å². The lowest BCUT2D eigenvalue weighted by Gasteiger charge is -2.09. The Labute approximate surface area is 112 Å². The first-order chi connectivity index (χ1) is 9.20. The fourth-order valence-electron chi connectivity index (χ4n) is 1.89. The lowest BCUT2D eigenvalue weighted by molar-refractivity contribution is -0.124. The molecule has 2 aromatic rings. The van der Waals surface area contributed by atoms with Gasteiger partial charge in [-0.1, -0.05) is 24.3 Å². The lowest BCUT2D eigenvalue weighted by Crippen LogP contribution is -2.15. The van der Waals surface area contributed by atoms with E-state index in [9.17, 15) is 4.79 Å². The largest absolute Gasteiger partial charge is 0.344 e. The third-order valence-corrected chi connectivity index (χ3v) is 2.98. The van der Waals surface area contributed by atoms with Crippen LogP contribution in [0.2, 0.25) is 0 Å². The fraction of sp³-hybridized carbons (Fsp3) is 0.133. The van der Waals surface area contributed by atoms with Gasteiger partial charge >= 0.3 is 0 Å². The van der Waals surface area contributed by atoms with Gasteiger partial charge in [-0.3, -0.25) is 10.0 Å². The van der Waals surface area contributed by atoms with Crippen molar-refractivity contribution in [2.24, 2.45) is 0 Å². The van der Waals surface area contributed by atoms with Crippen molar-refractivity contribution in [3.8, 4) is 0 Å². The number of hydrogen-bond donors (Lipinski definition) is 2. The molecule has 0 spiro atoms. The van der Waals surface area contributed by atoms with Gasteiger partial charge in [0.25, 0.3) is 5.91 Å². The molecule has 19 heavy (non-hydrogen) atoms. The number of aryl methyl sites for hydroxylation is 1. The number of nitrogens with one attached hydrogen (secondary N) is 1. The predicted octanol–water partition coefficient (Wildman–Crippen LogP) is 2.36. The molecule has 0 saturated heterocycles. The Morgan fingerprint density at radius 1 is 1.32 bits per heavy atom. The number of benzene rings is 1.